The zero-order valence-corrected chi connectivity index (χ0v) is 14.9. The summed E-state index contributed by atoms with van der Waals surface area (Å²) >= 11 is 1.16. The van der Waals surface area contributed by atoms with Crippen molar-refractivity contribution < 1.29 is 19.1 Å². The molecular formula is C16H20N4O4S. The molecule has 134 valence electrons. The number of amides is 2. The number of hydrogen-bond acceptors (Lipinski definition) is 7. The second kappa shape index (κ2) is 9.82. The predicted molar refractivity (Wildman–Crippen MR) is 93.8 cm³/mol. The number of benzene rings is 1. The Morgan fingerprint density at radius 3 is 2.76 bits per heavy atom. The first kappa shape index (κ1) is 19.0. The van der Waals surface area contributed by atoms with Crippen LogP contribution in [0.4, 0.5) is 5.69 Å². The minimum atomic E-state index is -0.377. The van der Waals surface area contributed by atoms with Gasteiger partial charge in [0, 0.05) is 38.6 Å². The number of ether oxygens (including phenoxy) is 2. The molecule has 0 spiro atoms. The Balaban J connectivity index is 1.95. The molecule has 0 saturated carbocycles. The predicted octanol–water partition coefficient (Wildman–Crippen LogP) is 1.70. The van der Waals surface area contributed by atoms with Gasteiger partial charge in [-0.15, -0.1) is 10.2 Å². The molecule has 0 radical (unpaired) electrons. The first-order chi connectivity index (χ1) is 12.1. The molecule has 2 N–H and O–H groups in total. The van der Waals surface area contributed by atoms with Gasteiger partial charge in [0.1, 0.15) is 5.01 Å². The van der Waals surface area contributed by atoms with E-state index in [9.17, 15) is 9.59 Å². The molecule has 0 bridgehead atoms. The van der Waals surface area contributed by atoms with E-state index in [4.69, 9.17) is 9.47 Å². The number of carbonyl (C=O) groups excluding carboxylic acids is 2. The lowest BCUT2D eigenvalue weighted by Crippen LogP contribution is -2.25. The monoisotopic (exact) mass is 364 g/mol. The highest BCUT2D eigenvalue weighted by Crippen LogP contribution is 2.15. The molecule has 0 unspecified atom stereocenters. The lowest BCUT2D eigenvalue weighted by molar-refractivity contribution is 0.0947. The smallest absolute Gasteiger partial charge is 0.286 e. The van der Waals surface area contributed by atoms with Crippen LogP contribution in [-0.2, 0) is 16.1 Å². The van der Waals surface area contributed by atoms with Gasteiger partial charge in [-0.25, -0.2) is 0 Å². The molecule has 2 aromatic rings. The van der Waals surface area contributed by atoms with E-state index in [2.05, 4.69) is 20.8 Å². The van der Waals surface area contributed by atoms with Crippen molar-refractivity contribution in [3.63, 3.8) is 0 Å². The third kappa shape index (κ3) is 5.89. The molecule has 9 heteroatoms. The number of nitrogens with zero attached hydrogens (tertiary/aromatic N) is 2. The Kier molecular flexibility index (Phi) is 7.45. The van der Waals surface area contributed by atoms with E-state index in [0.717, 1.165) is 17.8 Å². The third-order valence-electron chi connectivity index (χ3n) is 3.12. The van der Waals surface area contributed by atoms with Gasteiger partial charge in [0.05, 0.1) is 6.61 Å². The molecule has 0 atom stereocenters. The topological polar surface area (TPSA) is 102 Å². The molecular weight excluding hydrogens is 344 g/mol. The van der Waals surface area contributed by atoms with E-state index in [-0.39, 0.29) is 16.8 Å². The number of hydrogen-bond donors (Lipinski definition) is 2. The van der Waals surface area contributed by atoms with Gasteiger partial charge in [-0.2, -0.15) is 0 Å². The molecule has 8 nitrogen and oxygen atoms in total. The van der Waals surface area contributed by atoms with Gasteiger partial charge in [-0.1, -0.05) is 17.4 Å². The second-order valence-electron chi connectivity index (χ2n) is 5.07. The van der Waals surface area contributed by atoms with E-state index in [1.54, 1.807) is 38.5 Å². The third-order valence-corrected chi connectivity index (χ3v) is 4.02. The fourth-order valence-corrected chi connectivity index (χ4v) is 2.68. The molecule has 0 fully saturated rings. The van der Waals surface area contributed by atoms with Crippen LogP contribution in [0, 0.1) is 0 Å². The minimum Gasteiger partial charge on any atom is -0.385 e. The van der Waals surface area contributed by atoms with Gasteiger partial charge >= 0.3 is 0 Å². The van der Waals surface area contributed by atoms with Crippen LogP contribution in [-0.4, -0.2) is 49.4 Å². The number of carbonyl (C=O) groups is 2. The molecule has 1 aromatic carbocycles. The molecule has 0 aliphatic rings. The highest BCUT2D eigenvalue weighted by atomic mass is 32.1. The molecule has 0 aliphatic carbocycles. The fraction of sp³-hybridized carbons (Fsp3) is 0.375. The first-order valence-electron chi connectivity index (χ1n) is 7.64. The molecule has 2 amide bonds. The Morgan fingerprint density at radius 1 is 1.16 bits per heavy atom. The van der Waals surface area contributed by atoms with Gasteiger partial charge in [0.25, 0.3) is 11.8 Å². The Hall–Kier alpha value is -2.36. The van der Waals surface area contributed by atoms with Gasteiger partial charge in [0.15, 0.2) is 0 Å². The summed E-state index contributed by atoms with van der Waals surface area (Å²) in [5.41, 5.74) is 0.977. The molecule has 0 saturated heterocycles. The van der Waals surface area contributed by atoms with Crippen molar-refractivity contribution in [2.75, 3.05) is 32.7 Å². The minimum absolute atomic E-state index is 0.203. The lowest BCUT2D eigenvalue weighted by atomic mass is 10.2. The van der Waals surface area contributed by atoms with Crippen molar-refractivity contribution in [3.8, 4) is 0 Å². The van der Waals surface area contributed by atoms with Gasteiger partial charge in [0.2, 0.25) is 5.01 Å². The van der Waals surface area contributed by atoms with Crippen molar-refractivity contribution in [2.24, 2.45) is 0 Å². The number of nitrogens with one attached hydrogen (secondary N) is 2. The number of aromatic nitrogens is 2. The lowest BCUT2D eigenvalue weighted by Gasteiger charge is -2.07. The van der Waals surface area contributed by atoms with Crippen LogP contribution in [0.3, 0.4) is 0 Å². The van der Waals surface area contributed by atoms with Crippen molar-refractivity contribution in [3.05, 3.63) is 39.8 Å². The standard InChI is InChI=1S/C16H20N4O4S/c1-23-8-4-7-17-14(21)11-5-3-6-12(9-11)18-15(22)16-20-19-13(25-16)10-24-2/h3,5-6,9H,4,7-8,10H2,1-2H3,(H,17,21)(H,18,22). The summed E-state index contributed by atoms with van der Waals surface area (Å²) in [6, 6.07) is 6.70. The van der Waals surface area contributed by atoms with E-state index < -0.39 is 0 Å². The SMILES string of the molecule is COCCCNC(=O)c1cccc(NC(=O)c2nnc(COC)s2)c1. The van der Waals surface area contributed by atoms with Crippen LogP contribution in [0.5, 0.6) is 0 Å². The van der Waals surface area contributed by atoms with Crippen LogP contribution in [0.15, 0.2) is 24.3 Å². The number of anilines is 1. The number of rotatable bonds is 9. The summed E-state index contributed by atoms with van der Waals surface area (Å²) in [4.78, 5) is 24.3. The average Bonchev–Trinajstić information content (AvgIpc) is 3.08. The van der Waals surface area contributed by atoms with Crippen molar-refractivity contribution >= 4 is 28.8 Å². The van der Waals surface area contributed by atoms with E-state index in [0.29, 0.717) is 36.0 Å². The van der Waals surface area contributed by atoms with Crippen LogP contribution in [0.1, 0.15) is 31.6 Å². The van der Waals surface area contributed by atoms with Crippen molar-refractivity contribution in [1.29, 1.82) is 0 Å². The Bertz CT molecular complexity index is 720. The van der Waals surface area contributed by atoms with Crippen LogP contribution in [0.25, 0.3) is 0 Å². The zero-order valence-electron chi connectivity index (χ0n) is 14.1. The highest BCUT2D eigenvalue weighted by molar-refractivity contribution is 7.13. The summed E-state index contributed by atoms with van der Waals surface area (Å²) in [6.45, 7) is 1.42. The highest BCUT2D eigenvalue weighted by Gasteiger charge is 2.14. The van der Waals surface area contributed by atoms with Gasteiger partial charge in [-0.3, -0.25) is 9.59 Å². The molecule has 2 rings (SSSR count). The largest absolute Gasteiger partial charge is 0.385 e. The molecule has 0 aliphatic heterocycles. The maximum Gasteiger partial charge on any atom is 0.286 e. The van der Waals surface area contributed by atoms with E-state index >= 15 is 0 Å². The Morgan fingerprint density at radius 2 is 2.00 bits per heavy atom. The quantitative estimate of drug-likeness (QED) is 0.657. The summed E-state index contributed by atoms with van der Waals surface area (Å²) in [5, 5.41) is 14.1. The van der Waals surface area contributed by atoms with Gasteiger partial charge in [-0.05, 0) is 24.6 Å². The maximum atomic E-state index is 12.2. The van der Waals surface area contributed by atoms with Crippen LogP contribution < -0.4 is 10.6 Å². The summed E-state index contributed by atoms with van der Waals surface area (Å²) in [7, 11) is 3.16. The summed E-state index contributed by atoms with van der Waals surface area (Å²) in [6.07, 6.45) is 0.736. The van der Waals surface area contributed by atoms with Gasteiger partial charge < -0.3 is 20.1 Å². The number of methoxy groups -OCH3 is 2. The first-order valence-corrected chi connectivity index (χ1v) is 8.45. The molecule has 1 aromatic heterocycles. The van der Waals surface area contributed by atoms with E-state index in [1.165, 1.54) is 0 Å². The van der Waals surface area contributed by atoms with Crippen molar-refractivity contribution in [1.82, 2.24) is 15.5 Å². The van der Waals surface area contributed by atoms with Crippen molar-refractivity contribution in [2.45, 2.75) is 13.0 Å². The Labute approximate surface area is 149 Å². The molecule has 1 heterocycles. The van der Waals surface area contributed by atoms with E-state index in [1.807, 2.05) is 0 Å². The van der Waals surface area contributed by atoms with Crippen LogP contribution in [0.2, 0.25) is 0 Å². The van der Waals surface area contributed by atoms with Crippen LogP contribution >= 0.6 is 11.3 Å². The second-order valence-corrected chi connectivity index (χ2v) is 6.13. The average molecular weight is 364 g/mol. The maximum absolute atomic E-state index is 12.2. The normalized spacial score (nSPS) is 10.5. The summed E-state index contributed by atoms with van der Waals surface area (Å²) in [5.74, 6) is -0.581. The summed E-state index contributed by atoms with van der Waals surface area (Å²) < 4.78 is 9.89. The molecule has 25 heavy (non-hydrogen) atoms. The zero-order chi connectivity index (χ0) is 18.1. The fourth-order valence-electron chi connectivity index (χ4n) is 1.97.